The zero-order valence-electron chi connectivity index (χ0n) is 16.5. The molecule has 1 aliphatic heterocycles. The molecule has 0 bridgehead atoms. The van der Waals surface area contributed by atoms with Gasteiger partial charge in [0.25, 0.3) is 0 Å². The highest BCUT2D eigenvalue weighted by Gasteiger charge is 2.45. The second-order valence-electron chi connectivity index (χ2n) is 7.71. The smallest absolute Gasteiger partial charge is 0.183 e. The number of hydrogen-bond donors (Lipinski definition) is 1. The molecule has 1 N–H and O–H groups in total. The fraction of sp³-hybridized carbons (Fsp3) is 0.600. The summed E-state index contributed by atoms with van der Waals surface area (Å²) in [6, 6.07) is 4.09. The fourth-order valence-electron chi connectivity index (χ4n) is 4.06. The van der Waals surface area contributed by atoms with Gasteiger partial charge in [-0.2, -0.15) is 0 Å². The van der Waals surface area contributed by atoms with E-state index in [4.69, 9.17) is 4.74 Å². The Hall–Kier alpha value is -1.38. The number of allylic oxidation sites excluding steroid dienone is 1. The van der Waals surface area contributed by atoms with E-state index in [2.05, 4.69) is 11.4 Å². The summed E-state index contributed by atoms with van der Waals surface area (Å²) >= 11 is 0. The summed E-state index contributed by atoms with van der Waals surface area (Å²) in [5, 5.41) is 2.26. The Balaban J connectivity index is 1.76. The van der Waals surface area contributed by atoms with Crippen LogP contribution in [0.15, 0.2) is 34.7 Å². The third kappa shape index (κ3) is 4.78. The lowest BCUT2D eigenvalue weighted by Gasteiger charge is -2.21. The minimum absolute atomic E-state index is 0.134. The maximum atomic E-state index is 13.2. The molecular formula is C20H29NO5S2. The van der Waals surface area contributed by atoms with Gasteiger partial charge in [-0.05, 0) is 69.3 Å². The second-order valence-corrected chi connectivity index (χ2v) is 12.0. The average molecular weight is 428 g/mol. The number of methoxy groups -OCH3 is 1. The predicted molar refractivity (Wildman–Crippen MR) is 110 cm³/mol. The molecule has 1 aromatic rings. The van der Waals surface area contributed by atoms with E-state index in [0.29, 0.717) is 17.9 Å². The van der Waals surface area contributed by atoms with E-state index in [-0.39, 0.29) is 16.4 Å². The SMILES string of the molecule is COc1ccc(S(=O)(=O)[C@H]2CS(=O)(=O)C[C@@H]2NCCC2=CCCCC2)cc1C. The molecule has 0 saturated carbocycles. The van der Waals surface area contributed by atoms with Gasteiger partial charge in [-0.25, -0.2) is 16.8 Å². The van der Waals surface area contributed by atoms with Crippen LogP contribution in [0, 0.1) is 6.92 Å². The molecule has 1 aliphatic carbocycles. The molecule has 28 heavy (non-hydrogen) atoms. The van der Waals surface area contributed by atoms with Crippen molar-refractivity contribution in [2.24, 2.45) is 0 Å². The summed E-state index contributed by atoms with van der Waals surface area (Å²) in [5.74, 6) is 0.139. The van der Waals surface area contributed by atoms with Gasteiger partial charge < -0.3 is 10.1 Å². The maximum absolute atomic E-state index is 13.2. The second kappa shape index (κ2) is 8.55. The summed E-state index contributed by atoms with van der Waals surface area (Å²) in [6.45, 7) is 2.37. The first-order chi connectivity index (χ1) is 13.2. The molecule has 0 radical (unpaired) electrons. The van der Waals surface area contributed by atoms with Gasteiger partial charge in [0, 0.05) is 6.04 Å². The van der Waals surface area contributed by atoms with E-state index in [1.807, 2.05) is 0 Å². The number of rotatable bonds is 7. The van der Waals surface area contributed by atoms with Gasteiger partial charge in [-0.3, -0.25) is 0 Å². The Morgan fingerprint density at radius 3 is 2.64 bits per heavy atom. The molecule has 3 rings (SSSR count). The van der Waals surface area contributed by atoms with Crippen molar-refractivity contribution < 1.29 is 21.6 Å². The van der Waals surface area contributed by atoms with Crippen LogP contribution < -0.4 is 10.1 Å². The fourth-order valence-corrected chi connectivity index (χ4v) is 8.86. The van der Waals surface area contributed by atoms with E-state index < -0.39 is 31.0 Å². The third-order valence-corrected chi connectivity index (χ3v) is 9.78. The van der Waals surface area contributed by atoms with Crippen LogP contribution in [-0.4, -0.2) is 53.3 Å². The van der Waals surface area contributed by atoms with Gasteiger partial charge in [0.15, 0.2) is 19.7 Å². The van der Waals surface area contributed by atoms with Crippen molar-refractivity contribution in [3.63, 3.8) is 0 Å². The summed E-state index contributed by atoms with van der Waals surface area (Å²) in [4.78, 5) is 0.148. The first kappa shape index (κ1) is 21.3. The van der Waals surface area contributed by atoms with Crippen LogP contribution in [0.1, 0.15) is 37.7 Å². The van der Waals surface area contributed by atoms with E-state index in [9.17, 15) is 16.8 Å². The van der Waals surface area contributed by atoms with Crippen LogP contribution in [0.3, 0.4) is 0 Å². The van der Waals surface area contributed by atoms with Gasteiger partial charge >= 0.3 is 0 Å². The minimum Gasteiger partial charge on any atom is -0.496 e. The van der Waals surface area contributed by atoms with E-state index in [1.165, 1.54) is 31.6 Å². The molecule has 0 spiro atoms. The van der Waals surface area contributed by atoms with Crippen LogP contribution in [0.5, 0.6) is 5.75 Å². The first-order valence-electron chi connectivity index (χ1n) is 9.73. The van der Waals surface area contributed by atoms with Gasteiger partial charge in [0.2, 0.25) is 0 Å². The molecular weight excluding hydrogens is 398 g/mol. The maximum Gasteiger partial charge on any atom is 0.183 e. The Morgan fingerprint density at radius 1 is 1.21 bits per heavy atom. The summed E-state index contributed by atoms with van der Waals surface area (Å²) in [5.41, 5.74) is 2.09. The molecule has 0 unspecified atom stereocenters. The largest absolute Gasteiger partial charge is 0.496 e. The molecule has 6 nitrogen and oxygen atoms in total. The lowest BCUT2D eigenvalue weighted by Crippen LogP contribution is -2.43. The van der Waals surface area contributed by atoms with Crippen LogP contribution >= 0.6 is 0 Å². The zero-order valence-corrected chi connectivity index (χ0v) is 18.1. The van der Waals surface area contributed by atoms with Crippen molar-refractivity contribution in [1.29, 1.82) is 0 Å². The molecule has 156 valence electrons. The van der Waals surface area contributed by atoms with Crippen LogP contribution in [0.25, 0.3) is 0 Å². The molecule has 2 aliphatic rings. The Kier molecular flexibility index (Phi) is 6.51. The van der Waals surface area contributed by atoms with Crippen LogP contribution in [-0.2, 0) is 19.7 Å². The quantitative estimate of drug-likeness (QED) is 0.672. The zero-order chi connectivity index (χ0) is 20.4. The highest BCUT2D eigenvalue weighted by atomic mass is 32.2. The van der Waals surface area contributed by atoms with Crippen molar-refractivity contribution in [2.45, 2.75) is 55.2 Å². The van der Waals surface area contributed by atoms with Crippen LogP contribution in [0.4, 0.5) is 0 Å². The highest BCUT2D eigenvalue weighted by molar-refractivity contribution is 7.96. The number of benzene rings is 1. The number of sulfone groups is 2. The molecule has 0 amide bonds. The van der Waals surface area contributed by atoms with Gasteiger partial charge in [-0.15, -0.1) is 0 Å². The van der Waals surface area contributed by atoms with Crippen molar-refractivity contribution in [3.8, 4) is 5.75 Å². The molecule has 1 aromatic carbocycles. The summed E-state index contributed by atoms with van der Waals surface area (Å²) in [6.07, 6.45) is 7.69. The Morgan fingerprint density at radius 2 is 2.00 bits per heavy atom. The molecule has 8 heteroatoms. The standard InChI is InChI=1S/C20H29NO5S2/c1-15-12-17(8-9-19(15)26-2)28(24,25)20-14-27(22,23)13-18(20)21-11-10-16-6-4-3-5-7-16/h6,8-9,12,18,20-21H,3-5,7,10-11,13-14H2,1-2H3/t18-,20-/m0/s1. The summed E-state index contributed by atoms with van der Waals surface area (Å²) in [7, 11) is -5.64. The molecule has 0 aromatic heterocycles. The van der Waals surface area contributed by atoms with Crippen LogP contribution in [0.2, 0.25) is 0 Å². The van der Waals surface area contributed by atoms with Gasteiger partial charge in [-0.1, -0.05) is 11.6 Å². The van der Waals surface area contributed by atoms with Crippen molar-refractivity contribution in [2.75, 3.05) is 25.2 Å². The van der Waals surface area contributed by atoms with Crippen molar-refractivity contribution in [1.82, 2.24) is 5.32 Å². The van der Waals surface area contributed by atoms with Crippen molar-refractivity contribution >= 4 is 19.7 Å². The highest BCUT2D eigenvalue weighted by Crippen LogP contribution is 2.29. The Labute approximate surface area is 168 Å². The third-order valence-electron chi connectivity index (χ3n) is 5.63. The normalized spacial score (nSPS) is 24.7. The van der Waals surface area contributed by atoms with Gasteiger partial charge in [0.05, 0.1) is 28.8 Å². The van der Waals surface area contributed by atoms with E-state index in [1.54, 1.807) is 19.1 Å². The van der Waals surface area contributed by atoms with E-state index >= 15 is 0 Å². The monoisotopic (exact) mass is 427 g/mol. The van der Waals surface area contributed by atoms with E-state index in [0.717, 1.165) is 19.3 Å². The lowest BCUT2D eigenvalue weighted by molar-refractivity contribution is 0.411. The number of aryl methyl sites for hydroxylation is 1. The average Bonchev–Trinajstić information content (AvgIpc) is 2.98. The first-order valence-corrected chi connectivity index (χ1v) is 13.1. The molecule has 1 heterocycles. The molecule has 2 atom stereocenters. The van der Waals surface area contributed by atoms with Crippen molar-refractivity contribution in [3.05, 3.63) is 35.4 Å². The topological polar surface area (TPSA) is 89.5 Å². The molecule has 1 saturated heterocycles. The van der Waals surface area contributed by atoms with Gasteiger partial charge in [0.1, 0.15) is 5.75 Å². The number of hydrogen-bond acceptors (Lipinski definition) is 6. The minimum atomic E-state index is -3.77. The summed E-state index contributed by atoms with van der Waals surface area (Å²) < 4.78 is 56.0. The Bertz CT molecular complexity index is 951. The lowest BCUT2D eigenvalue weighted by atomic mass is 9.97. The number of nitrogens with one attached hydrogen (secondary N) is 1. The predicted octanol–water partition coefficient (Wildman–Crippen LogP) is 2.42. The molecule has 1 fully saturated rings. The number of ether oxygens (including phenoxy) is 1.